The van der Waals surface area contributed by atoms with Crippen molar-refractivity contribution in [2.45, 2.75) is 20.0 Å². The second-order valence-corrected chi connectivity index (χ2v) is 8.24. The molecule has 0 saturated heterocycles. The predicted octanol–water partition coefficient (Wildman–Crippen LogP) is 5.73. The first-order valence-corrected chi connectivity index (χ1v) is 10.9. The average Bonchev–Trinajstić information content (AvgIpc) is 2.81. The van der Waals surface area contributed by atoms with Gasteiger partial charge in [-0.15, -0.1) is 0 Å². The number of hydrogen-bond acceptors (Lipinski definition) is 3. The van der Waals surface area contributed by atoms with Gasteiger partial charge < -0.3 is 19.9 Å². The minimum Gasteiger partial charge on any atom is -0.497 e. The summed E-state index contributed by atoms with van der Waals surface area (Å²) in [5.74, 6) is 0.698. The molecule has 3 aromatic carbocycles. The van der Waals surface area contributed by atoms with Crippen LogP contribution >= 0.6 is 11.6 Å². The van der Waals surface area contributed by atoms with E-state index >= 15 is 0 Å². The Balaban J connectivity index is 1.63. The zero-order valence-corrected chi connectivity index (χ0v) is 19.1. The fraction of sp³-hybridized carbons (Fsp3) is 0.154. The van der Waals surface area contributed by atoms with E-state index in [1.807, 2.05) is 43.3 Å². The van der Waals surface area contributed by atoms with Crippen LogP contribution in [0.4, 0.5) is 10.5 Å². The maximum atomic E-state index is 13.2. The molecule has 0 aliphatic heterocycles. The number of methoxy groups -OCH3 is 1. The molecule has 0 aliphatic carbocycles. The largest absolute Gasteiger partial charge is 0.497 e. The molecular weight excluding hydrogens is 438 g/mol. The number of H-pyrrole nitrogens is 1. The molecule has 4 aromatic rings. The van der Waals surface area contributed by atoms with Crippen molar-refractivity contribution in [2.24, 2.45) is 0 Å². The highest BCUT2D eigenvalue weighted by Gasteiger charge is 2.17. The number of urea groups is 1. The van der Waals surface area contributed by atoms with Gasteiger partial charge in [0.25, 0.3) is 5.56 Å². The van der Waals surface area contributed by atoms with Crippen LogP contribution < -0.4 is 15.6 Å². The highest BCUT2D eigenvalue weighted by Crippen LogP contribution is 2.19. The number of halogens is 1. The van der Waals surface area contributed by atoms with Crippen LogP contribution in [0.25, 0.3) is 10.9 Å². The van der Waals surface area contributed by atoms with Gasteiger partial charge in [-0.1, -0.05) is 41.9 Å². The SMILES string of the molecule is COc1ccc(NC(=O)N(Cc2ccc(Cl)cc2)Cc2cc3cccc(C)c3[nH]c2=O)cc1. The van der Waals surface area contributed by atoms with Crippen LogP contribution in [0.1, 0.15) is 16.7 Å². The number of aromatic amines is 1. The molecule has 0 bridgehead atoms. The van der Waals surface area contributed by atoms with Crippen LogP contribution in [0, 0.1) is 6.92 Å². The molecule has 0 spiro atoms. The molecular formula is C26H24ClN3O3. The van der Waals surface area contributed by atoms with Crippen LogP contribution in [0.3, 0.4) is 0 Å². The first-order chi connectivity index (χ1) is 15.9. The summed E-state index contributed by atoms with van der Waals surface area (Å²) >= 11 is 6.01. The fourth-order valence-corrected chi connectivity index (χ4v) is 3.76. The van der Waals surface area contributed by atoms with Crippen molar-refractivity contribution in [1.82, 2.24) is 9.88 Å². The lowest BCUT2D eigenvalue weighted by molar-refractivity contribution is 0.206. The van der Waals surface area contributed by atoms with E-state index in [2.05, 4.69) is 10.3 Å². The Morgan fingerprint density at radius 3 is 2.45 bits per heavy atom. The third-order valence-corrected chi connectivity index (χ3v) is 5.69. The van der Waals surface area contributed by atoms with Gasteiger partial charge in [-0.2, -0.15) is 0 Å². The molecule has 0 fully saturated rings. The average molecular weight is 462 g/mol. The summed E-state index contributed by atoms with van der Waals surface area (Å²) in [6.07, 6.45) is 0. The Hall–Kier alpha value is -3.77. The van der Waals surface area contributed by atoms with Gasteiger partial charge in [-0.3, -0.25) is 4.79 Å². The van der Waals surface area contributed by atoms with Gasteiger partial charge in [0, 0.05) is 22.8 Å². The molecule has 6 nitrogen and oxygen atoms in total. The third kappa shape index (κ3) is 5.35. The summed E-state index contributed by atoms with van der Waals surface area (Å²) in [5.41, 5.74) is 3.62. The molecule has 0 atom stereocenters. The van der Waals surface area contributed by atoms with E-state index in [9.17, 15) is 9.59 Å². The van der Waals surface area contributed by atoms with Gasteiger partial charge >= 0.3 is 6.03 Å². The quantitative estimate of drug-likeness (QED) is 0.385. The predicted molar refractivity (Wildman–Crippen MR) is 132 cm³/mol. The monoisotopic (exact) mass is 461 g/mol. The molecule has 0 radical (unpaired) electrons. The summed E-state index contributed by atoms with van der Waals surface area (Å²) in [6.45, 7) is 2.40. The van der Waals surface area contributed by atoms with Gasteiger partial charge in [-0.25, -0.2) is 4.79 Å². The second kappa shape index (κ2) is 9.79. The highest BCUT2D eigenvalue weighted by atomic mass is 35.5. The Kier molecular flexibility index (Phi) is 6.66. The van der Waals surface area contributed by atoms with Crippen molar-refractivity contribution in [3.05, 3.63) is 105 Å². The van der Waals surface area contributed by atoms with Gasteiger partial charge in [0.15, 0.2) is 0 Å². The van der Waals surface area contributed by atoms with E-state index in [4.69, 9.17) is 16.3 Å². The number of fused-ring (bicyclic) bond motifs is 1. The third-order valence-electron chi connectivity index (χ3n) is 5.44. The first kappa shape index (κ1) is 22.4. The number of carbonyl (C=O) groups is 1. The van der Waals surface area contributed by atoms with Crippen molar-refractivity contribution >= 4 is 34.2 Å². The first-order valence-electron chi connectivity index (χ1n) is 10.5. The van der Waals surface area contributed by atoms with E-state index in [0.717, 1.165) is 22.0 Å². The van der Waals surface area contributed by atoms with Gasteiger partial charge in [0.05, 0.1) is 19.2 Å². The van der Waals surface area contributed by atoms with Crippen LogP contribution in [-0.4, -0.2) is 23.0 Å². The molecule has 2 amide bonds. The van der Waals surface area contributed by atoms with Crippen molar-refractivity contribution in [1.29, 1.82) is 0 Å². The normalized spacial score (nSPS) is 10.8. The zero-order valence-electron chi connectivity index (χ0n) is 18.4. The van der Waals surface area contributed by atoms with E-state index < -0.39 is 0 Å². The molecule has 1 aromatic heterocycles. The van der Waals surface area contributed by atoms with Crippen molar-refractivity contribution < 1.29 is 9.53 Å². The van der Waals surface area contributed by atoms with Gasteiger partial charge in [-0.05, 0) is 65.9 Å². The number of rotatable bonds is 6. The highest BCUT2D eigenvalue weighted by molar-refractivity contribution is 6.30. The topological polar surface area (TPSA) is 74.4 Å². The van der Waals surface area contributed by atoms with Crippen molar-refractivity contribution in [3.63, 3.8) is 0 Å². The smallest absolute Gasteiger partial charge is 0.322 e. The number of nitrogens with zero attached hydrogens (tertiary/aromatic N) is 1. The number of pyridine rings is 1. The number of amides is 2. The number of hydrogen-bond donors (Lipinski definition) is 2. The van der Waals surface area contributed by atoms with Gasteiger partial charge in [0.2, 0.25) is 0 Å². The summed E-state index contributed by atoms with van der Waals surface area (Å²) in [7, 11) is 1.59. The molecule has 7 heteroatoms. The number of nitrogens with one attached hydrogen (secondary N) is 2. The maximum Gasteiger partial charge on any atom is 0.322 e. The number of aryl methyl sites for hydroxylation is 1. The van der Waals surface area contributed by atoms with Crippen LogP contribution in [0.5, 0.6) is 5.75 Å². The number of benzene rings is 3. The zero-order chi connectivity index (χ0) is 23.4. The molecule has 4 rings (SSSR count). The molecule has 33 heavy (non-hydrogen) atoms. The lowest BCUT2D eigenvalue weighted by Gasteiger charge is -2.23. The summed E-state index contributed by atoms with van der Waals surface area (Å²) in [6, 6.07) is 21.7. The minimum absolute atomic E-state index is 0.143. The van der Waals surface area contributed by atoms with Crippen molar-refractivity contribution in [2.75, 3.05) is 12.4 Å². The Bertz CT molecular complexity index is 1330. The van der Waals surface area contributed by atoms with E-state index in [0.29, 0.717) is 28.6 Å². The molecule has 1 heterocycles. The summed E-state index contributed by atoms with van der Waals surface area (Å²) in [4.78, 5) is 30.6. The lowest BCUT2D eigenvalue weighted by atomic mass is 10.1. The molecule has 0 saturated carbocycles. The molecule has 0 aliphatic rings. The Morgan fingerprint density at radius 2 is 1.76 bits per heavy atom. The standard InChI is InChI=1S/C26H24ClN3O3/c1-17-4-3-5-19-14-20(25(31)29-24(17)19)16-30(15-18-6-8-21(27)9-7-18)26(32)28-22-10-12-23(33-2)13-11-22/h3-14H,15-16H2,1-2H3,(H,28,32)(H,29,31). The molecule has 2 N–H and O–H groups in total. The number of carbonyl (C=O) groups excluding carboxylic acids is 1. The van der Waals surface area contributed by atoms with E-state index in [1.54, 1.807) is 48.4 Å². The van der Waals surface area contributed by atoms with E-state index in [-0.39, 0.29) is 18.1 Å². The minimum atomic E-state index is -0.321. The van der Waals surface area contributed by atoms with E-state index in [1.165, 1.54) is 0 Å². The Labute approximate surface area is 196 Å². The van der Waals surface area contributed by atoms with Crippen LogP contribution in [0.15, 0.2) is 77.6 Å². The molecule has 168 valence electrons. The van der Waals surface area contributed by atoms with Crippen LogP contribution in [-0.2, 0) is 13.1 Å². The second-order valence-electron chi connectivity index (χ2n) is 7.80. The lowest BCUT2D eigenvalue weighted by Crippen LogP contribution is -2.35. The number of ether oxygens (including phenoxy) is 1. The number of aromatic nitrogens is 1. The molecule has 0 unspecified atom stereocenters. The fourth-order valence-electron chi connectivity index (χ4n) is 3.64. The van der Waals surface area contributed by atoms with Crippen LogP contribution in [0.2, 0.25) is 5.02 Å². The summed E-state index contributed by atoms with van der Waals surface area (Å²) in [5, 5.41) is 4.45. The number of anilines is 1. The number of para-hydroxylation sites is 1. The summed E-state index contributed by atoms with van der Waals surface area (Å²) < 4.78 is 5.17. The Morgan fingerprint density at radius 1 is 1.03 bits per heavy atom. The van der Waals surface area contributed by atoms with Crippen molar-refractivity contribution in [3.8, 4) is 5.75 Å². The van der Waals surface area contributed by atoms with Gasteiger partial charge in [0.1, 0.15) is 5.75 Å². The maximum absolute atomic E-state index is 13.2.